The molecule has 0 spiro atoms. The Labute approximate surface area is 109 Å². The van der Waals surface area contributed by atoms with E-state index in [9.17, 15) is 4.79 Å². The van der Waals surface area contributed by atoms with E-state index in [1.807, 2.05) is 25.1 Å². The lowest BCUT2D eigenvalue weighted by molar-refractivity contribution is -0.136. The van der Waals surface area contributed by atoms with Crippen molar-refractivity contribution in [2.45, 2.75) is 13.3 Å². The van der Waals surface area contributed by atoms with Crippen LogP contribution in [0.3, 0.4) is 0 Å². The summed E-state index contributed by atoms with van der Waals surface area (Å²) in [5.74, 6) is -0.390. The fraction of sp³-hybridized carbons (Fsp3) is 0.143. The number of nitrogens with two attached hydrogens (primary N) is 1. The highest BCUT2D eigenvalue weighted by Gasteiger charge is 2.13. The van der Waals surface area contributed by atoms with Crippen molar-refractivity contribution in [3.8, 4) is 0 Å². The molecule has 0 unspecified atom stereocenters. The normalized spacial score (nSPS) is 11.2. The first kappa shape index (κ1) is 11.5. The first-order chi connectivity index (χ1) is 9.06. The second-order valence-corrected chi connectivity index (χ2v) is 4.59. The summed E-state index contributed by atoms with van der Waals surface area (Å²) in [6, 6.07) is 7.38. The number of aryl methyl sites for hydroxylation is 1. The van der Waals surface area contributed by atoms with Gasteiger partial charge in [0.15, 0.2) is 0 Å². The van der Waals surface area contributed by atoms with Crippen LogP contribution in [0.2, 0.25) is 0 Å². The van der Waals surface area contributed by atoms with Crippen LogP contribution in [0.5, 0.6) is 0 Å². The summed E-state index contributed by atoms with van der Waals surface area (Å²) in [4.78, 5) is 18.5. The molecule has 2 aromatic heterocycles. The van der Waals surface area contributed by atoms with Crippen molar-refractivity contribution in [3.05, 3.63) is 35.5 Å². The van der Waals surface area contributed by atoms with Crippen molar-refractivity contribution >= 4 is 33.6 Å². The molecule has 0 amide bonds. The minimum absolute atomic E-state index is 0.00584. The van der Waals surface area contributed by atoms with Crippen LogP contribution >= 0.6 is 0 Å². The Kier molecular flexibility index (Phi) is 2.41. The topological polar surface area (TPSA) is 92.0 Å². The Hall–Kier alpha value is -2.56. The molecule has 0 saturated heterocycles. The van der Waals surface area contributed by atoms with Gasteiger partial charge in [0, 0.05) is 28.0 Å². The number of aromatic nitrogens is 2. The highest BCUT2D eigenvalue weighted by atomic mass is 16.4. The number of nitrogen functional groups attached to an aromatic ring is 1. The van der Waals surface area contributed by atoms with E-state index < -0.39 is 5.97 Å². The number of aliphatic carboxylic acids is 1. The van der Waals surface area contributed by atoms with E-state index in [-0.39, 0.29) is 6.42 Å². The maximum Gasteiger partial charge on any atom is 0.307 e. The number of carboxylic acid groups (broad SMARTS) is 1. The van der Waals surface area contributed by atoms with Crippen LogP contribution in [0.25, 0.3) is 21.8 Å². The van der Waals surface area contributed by atoms with Crippen LogP contribution in [0.4, 0.5) is 5.82 Å². The molecule has 3 aromatic rings. The first-order valence-electron chi connectivity index (χ1n) is 5.94. The second-order valence-electron chi connectivity index (χ2n) is 4.59. The van der Waals surface area contributed by atoms with E-state index >= 15 is 0 Å². The van der Waals surface area contributed by atoms with Gasteiger partial charge in [0.2, 0.25) is 0 Å². The molecule has 2 heterocycles. The number of hydrogen-bond acceptors (Lipinski definition) is 3. The Morgan fingerprint density at radius 1 is 1.37 bits per heavy atom. The molecule has 96 valence electrons. The third kappa shape index (κ3) is 1.79. The van der Waals surface area contributed by atoms with Crippen LogP contribution in [0.15, 0.2) is 24.3 Å². The Balaban J connectivity index is 2.44. The number of benzene rings is 1. The molecule has 4 N–H and O–H groups in total. The van der Waals surface area contributed by atoms with Crippen LogP contribution in [0.1, 0.15) is 11.3 Å². The second kappa shape index (κ2) is 3.98. The fourth-order valence-corrected chi connectivity index (χ4v) is 2.57. The fourth-order valence-electron chi connectivity index (χ4n) is 2.57. The van der Waals surface area contributed by atoms with E-state index in [0.29, 0.717) is 5.82 Å². The Morgan fingerprint density at radius 2 is 2.16 bits per heavy atom. The Morgan fingerprint density at radius 3 is 2.89 bits per heavy atom. The number of carboxylic acids is 1. The van der Waals surface area contributed by atoms with Crippen LogP contribution in [0, 0.1) is 6.92 Å². The van der Waals surface area contributed by atoms with Crippen LogP contribution in [-0.2, 0) is 11.2 Å². The van der Waals surface area contributed by atoms with Crippen molar-refractivity contribution < 1.29 is 9.90 Å². The zero-order valence-electron chi connectivity index (χ0n) is 10.4. The van der Waals surface area contributed by atoms with Crippen molar-refractivity contribution in [1.29, 1.82) is 0 Å². The lowest BCUT2D eigenvalue weighted by atomic mass is 10.0. The average Bonchev–Trinajstić information content (AvgIpc) is 2.67. The third-order valence-electron chi connectivity index (χ3n) is 3.23. The number of carbonyl (C=O) groups is 1. The molecule has 0 aliphatic heterocycles. The SMILES string of the molecule is Cc1nc(N)cc2[nH]c3cccc(CC(=O)O)c3c12. The summed E-state index contributed by atoms with van der Waals surface area (Å²) in [7, 11) is 0. The quantitative estimate of drug-likeness (QED) is 0.654. The van der Waals surface area contributed by atoms with Crippen molar-refractivity contribution in [1.82, 2.24) is 9.97 Å². The molecule has 0 saturated carbocycles. The molecule has 0 bridgehead atoms. The monoisotopic (exact) mass is 255 g/mol. The van der Waals surface area contributed by atoms with Gasteiger partial charge in [-0.2, -0.15) is 0 Å². The summed E-state index contributed by atoms with van der Waals surface area (Å²) in [6.45, 7) is 1.88. The molecule has 0 radical (unpaired) electrons. The summed E-state index contributed by atoms with van der Waals surface area (Å²) in [5, 5.41) is 10.9. The largest absolute Gasteiger partial charge is 0.481 e. The number of rotatable bonds is 2. The lowest BCUT2D eigenvalue weighted by Crippen LogP contribution is -2.00. The highest BCUT2D eigenvalue weighted by Crippen LogP contribution is 2.31. The molecule has 0 atom stereocenters. The maximum absolute atomic E-state index is 11.0. The number of nitrogens with one attached hydrogen (secondary N) is 1. The van der Waals surface area contributed by atoms with Crippen molar-refractivity contribution in [3.63, 3.8) is 0 Å². The smallest absolute Gasteiger partial charge is 0.307 e. The van der Waals surface area contributed by atoms with Crippen LogP contribution in [-0.4, -0.2) is 21.0 Å². The predicted molar refractivity (Wildman–Crippen MR) is 74.1 cm³/mol. The minimum Gasteiger partial charge on any atom is -0.481 e. The standard InChI is InChI=1S/C14H13N3O2/c1-7-13-10(6-11(15)16-7)17-9-4-2-3-8(14(9)13)5-12(18)19/h2-4,6,17H,5H2,1H3,(H2,15,16)(H,18,19). The zero-order chi connectivity index (χ0) is 13.6. The number of H-pyrrole nitrogens is 1. The van der Waals surface area contributed by atoms with Gasteiger partial charge in [-0.3, -0.25) is 4.79 Å². The molecule has 0 aliphatic carbocycles. The molecular weight excluding hydrogens is 242 g/mol. The summed E-state index contributed by atoms with van der Waals surface area (Å²) < 4.78 is 0. The highest BCUT2D eigenvalue weighted by molar-refractivity contribution is 6.11. The first-order valence-corrected chi connectivity index (χ1v) is 5.94. The van der Waals surface area contributed by atoms with Crippen molar-refractivity contribution in [2.75, 3.05) is 5.73 Å². The molecule has 1 aromatic carbocycles. The lowest BCUT2D eigenvalue weighted by Gasteiger charge is -2.03. The molecule has 0 aliphatic rings. The Bertz CT molecular complexity index is 805. The number of hydrogen-bond donors (Lipinski definition) is 3. The van der Waals surface area contributed by atoms with Gasteiger partial charge in [-0.15, -0.1) is 0 Å². The number of aromatic amines is 1. The predicted octanol–water partition coefficient (Wildman–Crippen LogP) is 2.23. The van der Waals surface area contributed by atoms with E-state index in [1.165, 1.54) is 0 Å². The van der Waals surface area contributed by atoms with E-state index in [0.717, 1.165) is 33.1 Å². The number of anilines is 1. The van der Waals surface area contributed by atoms with Gasteiger partial charge < -0.3 is 15.8 Å². The summed E-state index contributed by atoms with van der Waals surface area (Å²) >= 11 is 0. The van der Waals surface area contributed by atoms with Gasteiger partial charge in [0.05, 0.1) is 11.9 Å². The molecule has 5 nitrogen and oxygen atoms in total. The van der Waals surface area contributed by atoms with Crippen molar-refractivity contribution in [2.24, 2.45) is 0 Å². The number of fused-ring (bicyclic) bond motifs is 3. The molecule has 5 heteroatoms. The third-order valence-corrected chi connectivity index (χ3v) is 3.23. The van der Waals surface area contributed by atoms with Gasteiger partial charge >= 0.3 is 5.97 Å². The van der Waals surface area contributed by atoms with Gasteiger partial charge in [0.1, 0.15) is 5.82 Å². The van der Waals surface area contributed by atoms with E-state index in [2.05, 4.69) is 9.97 Å². The molecule has 19 heavy (non-hydrogen) atoms. The van der Waals surface area contributed by atoms with Gasteiger partial charge in [-0.05, 0) is 18.6 Å². The average molecular weight is 255 g/mol. The summed E-state index contributed by atoms with van der Waals surface area (Å²) in [5.41, 5.74) is 9.12. The van der Waals surface area contributed by atoms with E-state index in [1.54, 1.807) is 6.07 Å². The van der Waals surface area contributed by atoms with E-state index in [4.69, 9.17) is 10.8 Å². The molecule has 3 rings (SSSR count). The number of pyridine rings is 1. The van der Waals surface area contributed by atoms with Crippen LogP contribution < -0.4 is 5.73 Å². The zero-order valence-corrected chi connectivity index (χ0v) is 10.4. The van der Waals surface area contributed by atoms with Gasteiger partial charge in [0.25, 0.3) is 0 Å². The molecule has 0 fully saturated rings. The minimum atomic E-state index is -0.845. The number of nitrogens with zero attached hydrogens (tertiary/aromatic N) is 1. The maximum atomic E-state index is 11.0. The van der Waals surface area contributed by atoms with Gasteiger partial charge in [-0.25, -0.2) is 4.98 Å². The molecular formula is C14H13N3O2. The van der Waals surface area contributed by atoms with Gasteiger partial charge in [-0.1, -0.05) is 12.1 Å². The summed E-state index contributed by atoms with van der Waals surface area (Å²) in [6.07, 6.45) is -0.00584.